The van der Waals surface area contributed by atoms with Gasteiger partial charge in [0.2, 0.25) is 0 Å². The van der Waals surface area contributed by atoms with Gasteiger partial charge < -0.3 is 9.42 Å². The van der Waals surface area contributed by atoms with Crippen LogP contribution in [-0.2, 0) is 4.52 Å². The minimum atomic E-state index is -1.10. The van der Waals surface area contributed by atoms with Crippen molar-refractivity contribution in [1.29, 1.82) is 0 Å². The van der Waals surface area contributed by atoms with E-state index in [2.05, 4.69) is 4.52 Å². The molecule has 0 rings (SSSR count). The third-order valence-electron chi connectivity index (χ3n) is 0.316. The highest BCUT2D eigenvalue weighted by Gasteiger charge is 1.86. The molecule has 0 radical (unpaired) electrons. The van der Waals surface area contributed by atoms with E-state index >= 15 is 0 Å². The average Bonchev–Trinajstić information content (AvgIpc) is 1.35. The summed E-state index contributed by atoms with van der Waals surface area (Å²) in [7, 11) is -1.10. The Morgan fingerprint density at radius 1 is 1.71 bits per heavy atom. The summed E-state index contributed by atoms with van der Waals surface area (Å²) in [6.07, 6.45) is 0. The fourth-order valence-electron chi connectivity index (χ4n) is 0.187. The van der Waals surface area contributed by atoms with Gasteiger partial charge in [-0.3, -0.25) is 0 Å². The fourth-order valence-corrected chi connectivity index (χ4v) is 0.561. The van der Waals surface area contributed by atoms with E-state index in [9.17, 15) is 0 Å². The number of hydrogen-bond acceptors (Lipinski definition) is 2. The molecule has 0 heterocycles. The second-order valence-corrected chi connectivity index (χ2v) is 2.07. The summed E-state index contributed by atoms with van der Waals surface area (Å²) in [5.74, 6) is 0. The van der Waals surface area contributed by atoms with Crippen LogP contribution in [0.5, 0.6) is 0 Å². The van der Waals surface area contributed by atoms with Crippen LogP contribution in [0.1, 0.15) is 6.92 Å². The van der Waals surface area contributed by atoms with E-state index in [0.29, 0.717) is 6.61 Å². The van der Waals surface area contributed by atoms with Crippen LogP contribution < -0.4 is 0 Å². The maximum absolute atomic E-state index is 8.39. The Bertz CT molecular complexity index is 34.1. The van der Waals surface area contributed by atoms with Crippen molar-refractivity contribution in [3.8, 4) is 0 Å². The third-order valence-corrected chi connectivity index (χ3v) is 0.948. The lowest BCUT2D eigenvalue weighted by Crippen LogP contribution is -1.77. The van der Waals surface area contributed by atoms with Crippen LogP contribution in [0.15, 0.2) is 0 Å². The molecular weight excluding hydrogens is 134 g/mol. The molecule has 0 aromatic heterocycles. The summed E-state index contributed by atoms with van der Waals surface area (Å²) in [6.45, 7) is 4.12. The van der Waals surface area contributed by atoms with Gasteiger partial charge >= 0.3 is 0 Å². The van der Waals surface area contributed by atoms with E-state index in [1.165, 1.54) is 0 Å². The molecule has 0 aliphatic carbocycles. The zero-order chi connectivity index (χ0) is 4.99. The maximum Gasteiger partial charge on any atom is 0.164 e. The molecule has 0 saturated heterocycles. The van der Waals surface area contributed by atoms with Crippen molar-refractivity contribution in [2.75, 3.05) is 13.3 Å². The van der Waals surface area contributed by atoms with E-state index in [4.69, 9.17) is 4.89 Å². The molecule has 4 heteroatoms. The fraction of sp³-hybridized carbons (Fsp3) is 1.00. The predicted octanol–water partition coefficient (Wildman–Crippen LogP) is 1.38. The van der Waals surface area contributed by atoms with Crippen LogP contribution in [0.2, 0.25) is 0 Å². The molecule has 2 nitrogen and oxygen atoms in total. The minimum absolute atomic E-state index is 0. The first-order chi connectivity index (χ1) is 2.77. The molecule has 0 aromatic rings. The summed E-state index contributed by atoms with van der Waals surface area (Å²) in [4.78, 5) is 8.39. The standard InChI is InChI=1S/C3H9O2P.ClH/c1-3-5-6(2)4;/h4H,3H2,1-2H3;1H. The number of rotatable bonds is 2. The third kappa shape index (κ3) is 10.8. The summed E-state index contributed by atoms with van der Waals surface area (Å²) in [6, 6.07) is 0. The van der Waals surface area contributed by atoms with E-state index in [1.54, 1.807) is 6.66 Å². The number of halogens is 1. The van der Waals surface area contributed by atoms with Gasteiger partial charge in [-0.05, 0) is 6.92 Å². The van der Waals surface area contributed by atoms with Crippen molar-refractivity contribution in [3.63, 3.8) is 0 Å². The van der Waals surface area contributed by atoms with Gasteiger partial charge in [0.05, 0.1) is 6.61 Å². The van der Waals surface area contributed by atoms with E-state index in [-0.39, 0.29) is 12.4 Å². The zero-order valence-electron chi connectivity index (χ0n) is 4.42. The molecule has 0 saturated carbocycles. The average molecular weight is 145 g/mol. The van der Waals surface area contributed by atoms with Gasteiger partial charge in [-0.25, -0.2) is 0 Å². The SMILES string of the molecule is CCOP(C)O.Cl. The molecule has 7 heavy (non-hydrogen) atoms. The highest BCUT2D eigenvalue weighted by molar-refractivity contribution is 7.45. The highest BCUT2D eigenvalue weighted by Crippen LogP contribution is 2.23. The van der Waals surface area contributed by atoms with E-state index in [0.717, 1.165) is 0 Å². The Morgan fingerprint density at radius 2 is 2.14 bits per heavy atom. The van der Waals surface area contributed by atoms with Crippen molar-refractivity contribution in [3.05, 3.63) is 0 Å². The zero-order valence-corrected chi connectivity index (χ0v) is 6.13. The van der Waals surface area contributed by atoms with Crippen LogP contribution in [0.4, 0.5) is 0 Å². The normalized spacial score (nSPS) is 12.4. The summed E-state index contributed by atoms with van der Waals surface area (Å²) >= 11 is 0. The van der Waals surface area contributed by atoms with Crippen LogP contribution in [0, 0.1) is 0 Å². The molecule has 46 valence electrons. The quantitative estimate of drug-likeness (QED) is 0.594. The highest BCUT2D eigenvalue weighted by atomic mass is 35.5. The summed E-state index contributed by atoms with van der Waals surface area (Å²) < 4.78 is 4.66. The lowest BCUT2D eigenvalue weighted by atomic mass is 10.9. The minimum Gasteiger partial charge on any atom is -0.350 e. The van der Waals surface area contributed by atoms with Crippen LogP contribution in [0.25, 0.3) is 0 Å². The van der Waals surface area contributed by atoms with Gasteiger partial charge in [0, 0.05) is 6.66 Å². The van der Waals surface area contributed by atoms with E-state index < -0.39 is 8.38 Å². The van der Waals surface area contributed by atoms with Crippen molar-refractivity contribution in [2.45, 2.75) is 6.92 Å². The Balaban J connectivity index is 0. The van der Waals surface area contributed by atoms with Crippen molar-refractivity contribution < 1.29 is 9.42 Å². The topological polar surface area (TPSA) is 29.5 Å². The smallest absolute Gasteiger partial charge is 0.164 e. The van der Waals surface area contributed by atoms with Gasteiger partial charge in [0.1, 0.15) is 0 Å². The lowest BCUT2D eigenvalue weighted by molar-refractivity contribution is 0.334. The molecule has 1 N–H and O–H groups in total. The van der Waals surface area contributed by atoms with E-state index in [1.807, 2.05) is 6.92 Å². The van der Waals surface area contributed by atoms with Gasteiger partial charge in [-0.15, -0.1) is 12.4 Å². The monoisotopic (exact) mass is 144 g/mol. The van der Waals surface area contributed by atoms with Crippen molar-refractivity contribution in [1.82, 2.24) is 0 Å². The lowest BCUT2D eigenvalue weighted by Gasteiger charge is -1.98. The summed E-state index contributed by atoms with van der Waals surface area (Å²) in [5.41, 5.74) is 0. The second kappa shape index (κ2) is 6.64. The molecule has 0 amide bonds. The first-order valence-electron chi connectivity index (χ1n) is 1.83. The van der Waals surface area contributed by atoms with Gasteiger partial charge in [-0.1, -0.05) is 0 Å². The molecule has 0 fully saturated rings. The van der Waals surface area contributed by atoms with Gasteiger partial charge in [-0.2, -0.15) is 0 Å². The first kappa shape index (κ1) is 10.6. The van der Waals surface area contributed by atoms with Crippen LogP contribution in [-0.4, -0.2) is 18.2 Å². The summed E-state index contributed by atoms with van der Waals surface area (Å²) in [5, 5.41) is 0. The molecule has 1 unspecified atom stereocenters. The van der Waals surface area contributed by atoms with Crippen LogP contribution in [0.3, 0.4) is 0 Å². The second-order valence-electron chi connectivity index (χ2n) is 0.882. The first-order valence-corrected chi connectivity index (χ1v) is 3.49. The van der Waals surface area contributed by atoms with Gasteiger partial charge in [0.25, 0.3) is 0 Å². The molecular formula is C3H10ClO2P. The van der Waals surface area contributed by atoms with Crippen molar-refractivity contribution >= 4 is 20.8 Å². The molecule has 1 atom stereocenters. The predicted molar refractivity (Wildman–Crippen MR) is 33.9 cm³/mol. The van der Waals surface area contributed by atoms with Crippen molar-refractivity contribution in [2.24, 2.45) is 0 Å². The Labute approximate surface area is 51.2 Å². The molecule has 0 aliphatic rings. The Hall–Kier alpha value is 0.640. The largest absolute Gasteiger partial charge is 0.350 e. The molecule has 0 aliphatic heterocycles. The maximum atomic E-state index is 8.39. The molecule has 0 aromatic carbocycles. The van der Waals surface area contributed by atoms with Crippen LogP contribution >= 0.6 is 20.8 Å². The number of hydrogen-bond donors (Lipinski definition) is 1. The Morgan fingerprint density at radius 3 is 2.14 bits per heavy atom. The molecule has 0 spiro atoms. The Kier molecular flexibility index (Phi) is 10.0. The molecule has 0 bridgehead atoms. The van der Waals surface area contributed by atoms with Gasteiger partial charge in [0.15, 0.2) is 8.38 Å².